The van der Waals surface area contributed by atoms with Crippen molar-refractivity contribution >= 4 is 21.3 Å². The quantitative estimate of drug-likeness (QED) is 0.338. The van der Waals surface area contributed by atoms with E-state index in [2.05, 4.69) is 4.74 Å². The molecule has 0 aliphatic carbocycles. The van der Waals surface area contributed by atoms with Crippen LogP contribution in [-0.4, -0.2) is 49.0 Å². The van der Waals surface area contributed by atoms with Crippen LogP contribution in [0.4, 0.5) is 4.79 Å². The summed E-state index contributed by atoms with van der Waals surface area (Å²) in [4.78, 5) is 46.2. The van der Waals surface area contributed by atoms with Crippen LogP contribution >= 0.6 is 15.2 Å². The Bertz CT molecular complexity index is 377. The van der Waals surface area contributed by atoms with Crippen LogP contribution in [0.2, 0.25) is 0 Å². The first-order chi connectivity index (χ1) is 8.45. The molecule has 0 heterocycles. The van der Waals surface area contributed by atoms with Crippen molar-refractivity contribution in [1.82, 2.24) is 5.32 Å². The highest BCUT2D eigenvalue weighted by atomic mass is 31.2. The largest absolute Gasteiger partial charge is 0.450 e. The van der Waals surface area contributed by atoms with Gasteiger partial charge in [0.15, 0.2) is 0 Å². The molecular weight excluding hydrogens is 304 g/mol. The average Bonchev–Trinajstić information content (AvgIpc) is 2.22. The molecule has 0 saturated heterocycles. The zero-order valence-electron chi connectivity index (χ0n) is 10.1. The summed E-state index contributed by atoms with van der Waals surface area (Å²) in [6.45, 7) is 1.29. The predicted octanol–water partition coefficient (Wildman–Crippen LogP) is -0.486. The first-order valence-electron chi connectivity index (χ1n) is 5.20. The second kappa shape index (κ2) is 6.81. The minimum absolute atomic E-state index is 0.118. The smallest absolute Gasteiger partial charge is 0.407 e. The summed E-state index contributed by atoms with van der Waals surface area (Å²) < 4.78 is 26.5. The van der Waals surface area contributed by atoms with Gasteiger partial charge in [0.1, 0.15) is 0 Å². The van der Waals surface area contributed by atoms with Crippen molar-refractivity contribution in [2.45, 2.75) is 24.8 Å². The van der Waals surface area contributed by atoms with Crippen LogP contribution in [0.5, 0.6) is 0 Å². The normalized spacial score (nSPS) is 13.2. The lowest BCUT2D eigenvalue weighted by molar-refractivity contribution is 0.117. The van der Waals surface area contributed by atoms with Gasteiger partial charge in [-0.3, -0.25) is 9.13 Å². The number of amides is 1. The molecule has 114 valence electrons. The van der Waals surface area contributed by atoms with Crippen LogP contribution in [0.25, 0.3) is 0 Å². The summed E-state index contributed by atoms with van der Waals surface area (Å²) in [5.41, 5.74) is 0. The highest BCUT2D eigenvalue weighted by Gasteiger charge is 2.58. The molecule has 12 heteroatoms. The third-order valence-corrected chi connectivity index (χ3v) is 5.98. The van der Waals surface area contributed by atoms with E-state index >= 15 is 0 Å². The molecule has 19 heavy (non-hydrogen) atoms. The maximum Gasteiger partial charge on any atom is 0.407 e. The molecule has 0 radical (unpaired) electrons. The van der Waals surface area contributed by atoms with Gasteiger partial charge in [0.05, 0.1) is 6.61 Å². The first kappa shape index (κ1) is 18.5. The monoisotopic (exact) mass is 321 g/mol. The molecule has 1 amide bonds. The summed E-state index contributed by atoms with van der Waals surface area (Å²) in [6, 6.07) is 0. The lowest BCUT2D eigenvalue weighted by atomic mass is 10.4. The molecule has 0 saturated carbocycles. The summed E-state index contributed by atoms with van der Waals surface area (Å²) in [5, 5.41) is 7.93. The molecule has 0 aliphatic rings. The van der Waals surface area contributed by atoms with Gasteiger partial charge in [-0.15, -0.1) is 0 Å². The van der Waals surface area contributed by atoms with Crippen molar-refractivity contribution in [3.8, 4) is 0 Å². The summed E-state index contributed by atoms with van der Waals surface area (Å²) in [7, 11) is -11.0. The van der Waals surface area contributed by atoms with Crippen molar-refractivity contribution in [2.24, 2.45) is 0 Å². The fraction of sp³-hybridized carbons (Fsp3) is 0.857. The van der Waals surface area contributed by atoms with E-state index < -0.39 is 39.3 Å². The number of hydrogen-bond acceptors (Lipinski definition) is 5. The Kier molecular flexibility index (Phi) is 6.64. The van der Waals surface area contributed by atoms with Crippen molar-refractivity contribution in [3.63, 3.8) is 0 Å². The molecular formula is C7H17NO9P2. The third kappa shape index (κ3) is 5.19. The number of nitrogens with one attached hydrogen (secondary N) is 1. The summed E-state index contributed by atoms with van der Waals surface area (Å²) in [6.07, 6.45) is -1.38. The Morgan fingerprint density at radius 1 is 1.21 bits per heavy atom. The molecule has 0 aromatic rings. The van der Waals surface area contributed by atoms with Crippen molar-refractivity contribution in [2.75, 3.05) is 13.2 Å². The van der Waals surface area contributed by atoms with Crippen LogP contribution in [-0.2, 0) is 13.9 Å². The van der Waals surface area contributed by atoms with Crippen LogP contribution in [0.15, 0.2) is 0 Å². The van der Waals surface area contributed by atoms with E-state index in [9.17, 15) is 19.0 Å². The number of carbonyl (C=O) groups excluding carboxylic acids is 1. The lowest BCUT2D eigenvalue weighted by Gasteiger charge is -2.29. The SMILES string of the molecule is CCCOC(=O)NCCC(O)(P(=O)(O)O)P(=O)(O)O. The number of aliphatic hydroxyl groups is 1. The van der Waals surface area contributed by atoms with Crippen molar-refractivity contribution in [3.05, 3.63) is 0 Å². The molecule has 6 N–H and O–H groups in total. The molecule has 0 spiro atoms. The van der Waals surface area contributed by atoms with Gasteiger partial charge in [-0.25, -0.2) is 4.79 Å². The van der Waals surface area contributed by atoms with Gasteiger partial charge in [0, 0.05) is 13.0 Å². The van der Waals surface area contributed by atoms with Crippen molar-refractivity contribution < 1.29 is 43.3 Å². The highest BCUT2D eigenvalue weighted by molar-refractivity contribution is 7.72. The number of hydrogen-bond donors (Lipinski definition) is 6. The Labute approximate surface area is 109 Å². The molecule has 0 aromatic heterocycles. The van der Waals surface area contributed by atoms with E-state index in [0.29, 0.717) is 6.42 Å². The van der Waals surface area contributed by atoms with Gasteiger partial charge in [-0.05, 0) is 6.42 Å². The first-order valence-corrected chi connectivity index (χ1v) is 8.42. The summed E-state index contributed by atoms with van der Waals surface area (Å²) >= 11 is 0. The molecule has 0 fully saturated rings. The zero-order valence-corrected chi connectivity index (χ0v) is 11.9. The molecule has 0 atom stereocenters. The number of carbonyl (C=O) groups is 1. The topological polar surface area (TPSA) is 174 Å². The van der Waals surface area contributed by atoms with Gasteiger partial charge >= 0.3 is 21.3 Å². The van der Waals surface area contributed by atoms with Gasteiger partial charge in [-0.1, -0.05) is 6.92 Å². The second-order valence-electron chi connectivity index (χ2n) is 3.68. The molecule has 0 bridgehead atoms. The molecule has 0 aliphatic heterocycles. The standard InChI is InChI=1S/C7H17NO9P2/c1-2-5-17-6(9)8-4-3-7(10,18(11,12)13)19(14,15)16/h10H,2-5H2,1H3,(H,8,9)(H2,11,12,13)(H2,14,15,16). The fourth-order valence-corrected chi connectivity index (χ4v) is 3.20. The highest BCUT2D eigenvalue weighted by Crippen LogP contribution is 2.68. The number of rotatable bonds is 7. The average molecular weight is 321 g/mol. The van der Waals surface area contributed by atoms with Crippen LogP contribution in [0, 0.1) is 0 Å². The zero-order chi connectivity index (χ0) is 15.3. The molecule has 0 rings (SSSR count). The van der Waals surface area contributed by atoms with Crippen LogP contribution < -0.4 is 5.32 Å². The predicted molar refractivity (Wildman–Crippen MR) is 63.3 cm³/mol. The van der Waals surface area contributed by atoms with E-state index in [0.717, 1.165) is 0 Å². The van der Waals surface area contributed by atoms with Gasteiger partial charge in [0.25, 0.3) is 5.08 Å². The van der Waals surface area contributed by atoms with E-state index in [1.807, 2.05) is 5.32 Å². The fourth-order valence-electron chi connectivity index (χ4n) is 1.04. The number of ether oxygens (including phenoxy) is 1. The van der Waals surface area contributed by atoms with Gasteiger partial charge in [0.2, 0.25) is 0 Å². The van der Waals surface area contributed by atoms with Crippen molar-refractivity contribution in [1.29, 1.82) is 0 Å². The lowest BCUT2D eigenvalue weighted by Crippen LogP contribution is -2.35. The van der Waals surface area contributed by atoms with E-state index in [1.54, 1.807) is 6.92 Å². The Morgan fingerprint density at radius 2 is 1.68 bits per heavy atom. The third-order valence-electron chi connectivity index (χ3n) is 2.10. The minimum atomic E-state index is -5.49. The Balaban J connectivity index is 4.61. The maximum atomic E-state index is 11.0. The van der Waals surface area contributed by atoms with Gasteiger partial charge < -0.3 is 34.7 Å². The van der Waals surface area contributed by atoms with E-state index in [1.165, 1.54) is 0 Å². The van der Waals surface area contributed by atoms with E-state index in [4.69, 9.17) is 19.6 Å². The molecule has 0 aromatic carbocycles. The summed E-state index contributed by atoms with van der Waals surface area (Å²) in [5.74, 6) is 0. The van der Waals surface area contributed by atoms with Crippen LogP contribution in [0.1, 0.15) is 19.8 Å². The maximum absolute atomic E-state index is 11.0. The van der Waals surface area contributed by atoms with Crippen LogP contribution in [0.3, 0.4) is 0 Å². The second-order valence-corrected chi connectivity index (χ2v) is 7.68. The van der Waals surface area contributed by atoms with Gasteiger partial charge in [-0.2, -0.15) is 0 Å². The molecule has 0 unspecified atom stereocenters. The molecule has 10 nitrogen and oxygen atoms in total. The van der Waals surface area contributed by atoms with E-state index in [-0.39, 0.29) is 6.61 Å². The number of alkyl carbamates (subject to hydrolysis) is 1. The minimum Gasteiger partial charge on any atom is -0.450 e. The Morgan fingerprint density at radius 3 is 2.05 bits per heavy atom. The Hall–Kier alpha value is -0.470.